The molecule has 0 unspecified atom stereocenters. The number of amides is 3. The maximum atomic E-state index is 12.4. The van der Waals surface area contributed by atoms with Crippen molar-refractivity contribution in [3.05, 3.63) is 17.0 Å². The number of aryl methyl sites for hydroxylation is 2. The fraction of sp³-hybridized carbons (Fsp3) is 0.667. The van der Waals surface area contributed by atoms with E-state index < -0.39 is 5.60 Å². The highest BCUT2D eigenvalue weighted by molar-refractivity contribution is 5.78. The maximum Gasteiger partial charge on any atom is 0.317 e. The summed E-state index contributed by atoms with van der Waals surface area (Å²) in [5.41, 5.74) is 1.27. The van der Waals surface area contributed by atoms with Crippen LogP contribution in [0.3, 0.4) is 0 Å². The summed E-state index contributed by atoms with van der Waals surface area (Å²) in [6.07, 6.45) is 0.739. The van der Waals surface area contributed by atoms with Crippen LogP contribution in [0, 0.1) is 13.8 Å². The second-order valence-corrected chi connectivity index (χ2v) is 6.35. The smallest absolute Gasteiger partial charge is 0.317 e. The molecule has 3 heterocycles. The van der Waals surface area contributed by atoms with Gasteiger partial charge in [-0.15, -0.1) is 0 Å². The summed E-state index contributed by atoms with van der Waals surface area (Å²) in [5, 5.41) is 6.78. The van der Waals surface area contributed by atoms with Crippen LogP contribution in [0.25, 0.3) is 0 Å². The van der Waals surface area contributed by atoms with Gasteiger partial charge in [0, 0.05) is 25.7 Å². The highest BCUT2D eigenvalue weighted by atomic mass is 16.5. The summed E-state index contributed by atoms with van der Waals surface area (Å²) in [5.74, 6) is 0.702. The van der Waals surface area contributed by atoms with Crippen LogP contribution in [0.5, 0.6) is 0 Å². The zero-order valence-corrected chi connectivity index (χ0v) is 13.7. The largest absolute Gasteiger partial charge is 0.361 e. The van der Waals surface area contributed by atoms with Gasteiger partial charge in [0.15, 0.2) is 0 Å². The number of likely N-dealkylation sites (tertiary alicyclic amines) is 1. The molecule has 1 N–H and O–H groups in total. The Hall–Kier alpha value is -2.09. The van der Waals surface area contributed by atoms with Crippen molar-refractivity contribution in [1.29, 1.82) is 0 Å². The lowest BCUT2D eigenvalue weighted by molar-refractivity contribution is -0.158. The summed E-state index contributed by atoms with van der Waals surface area (Å²) in [7, 11) is 1.77. The molecule has 0 aliphatic carbocycles. The molecule has 3 amide bonds. The van der Waals surface area contributed by atoms with Gasteiger partial charge >= 0.3 is 6.03 Å². The number of aromatic nitrogens is 1. The molecule has 8 nitrogen and oxygen atoms in total. The van der Waals surface area contributed by atoms with Gasteiger partial charge in [-0.05, 0) is 20.3 Å². The monoisotopic (exact) mass is 322 g/mol. The lowest BCUT2D eigenvalue weighted by atomic mass is 10.0. The zero-order valence-electron chi connectivity index (χ0n) is 13.7. The molecule has 1 aromatic rings. The number of urea groups is 1. The molecule has 126 valence electrons. The summed E-state index contributed by atoms with van der Waals surface area (Å²) < 4.78 is 10.8. The Morgan fingerprint density at radius 2 is 2.17 bits per heavy atom. The van der Waals surface area contributed by atoms with Crippen LogP contribution in [0.15, 0.2) is 4.52 Å². The first kappa shape index (κ1) is 15.8. The SMILES string of the molecule is Cc1noc(C)c1CNC(=O)N1CC[C@]2(CN(C)C(=O)CO2)C1. The Morgan fingerprint density at radius 3 is 2.83 bits per heavy atom. The topological polar surface area (TPSA) is 87.9 Å². The molecule has 2 saturated heterocycles. The molecule has 8 heteroatoms. The Balaban J connectivity index is 1.56. The number of carbonyl (C=O) groups is 2. The van der Waals surface area contributed by atoms with Crippen molar-refractivity contribution in [1.82, 2.24) is 20.3 Å². The van der Waals surface area contributed by atoms with E-state index in [1.54, 1.807) is 16.8 Å². The minimum absolute atomic E-state index is 0.0167. The van der Waals surface area contributed by atoms with E-state index in [0.717, 1.165) is 23.4 Å². The Labute approximate surface area is 134 Å². The van der Waals surface area contributed by atoms with Crippen molar-refractivity contribution in [2.45, 2.75) is 32.4 Å². The van der Waals surface area contributed by atoms with Crippen molar-refractivity contribution < 1.29 is 18.8 Å². The molecular weight excluding hydrogens is 300 g/mol. The molecule has 23 heavy (non-hydrogen) atoms. The first-order chi connectivity index (χ1) is 10.9. The highest BCUT2D eigenvalue weighted by Gasteiger charge is 2.45. The van der Waals surface area contributed by atoms with E-state index in [4.69, 9.17) is 9.26 Å². The summed E-state index contributed by atoms with van der Waals surface area (Å²) in [4.78, 5) is 27.3. The fourth-order valence-electron chi connectivity index (χ4n) is 3.19. The molecule has 2 fully saturated rings. The van der Waals surface area contributed by atoms with Crippen LogP contribution >= 0.6 is 0 Å². The third-order valence-corrected chi connectivity index (χ3v) is 4.65. The second kappa shape index (κ2) is 5.84. The Bertz CT molecular complexity index is 609. The van der Waals surface area contributed by atoms with Gasteiger partial charge < -0.3 is 24.4 Å². The molecule has 0 aromatic carbocycles. The third kappa shape index (κ3) is 3.03. The first-order valence-electron chi connectivity index (χ1n) is 7.73. The molecule has 1 atom stereocenters. The third-order valence-electron chi connectivity index (χ3n) is 4.65. The molecule has 1 spiro atoms. The average molecular weight is 322 g/mol. The van der Waals surface area contributed by atoms with E-state index in [1.807, 2.05) is 13.8 Å². The van der Waals surface area contributed by atoms with Crippen LogP contribution < -0.4 is 5.32 Å². The minimum Gasteiger partial charge on any atom is -0.361 e. The van der Waals surface area contributed by atoms with E-state index in [-0.39, 0.29) is 18.5 Å². The minimum atomic E-state index is -0.428. The van der Waals surface area contributed by atoms with Crippen LogP contribution in [0.2, 0.25) is 0 Å². The lowest BCUT2D eigenvalue weighted by Gasteiger charge is -2.38. The van der Waals surface area contributed by atoms with Crippen molar-refractivity contribution in [3.63, 3.8) is 0 Å². The zero-order chi connectivity index (χ0) is 16.6. The number of ether oxygens (including phenoxy) is 1. The standard InChI is InChI=1S/C15H22N4O4/c1-10-12(11(2)23-17-10)6-16-14(21)19-5-4-15(9-19)8-18(3)13(20)7-22-15/h4-9H2,1-3H3,(H,16,21)/t15-/m0/s1. The number of nitrogens with one attached hydrogen (secondary N) is 1. The van der Waals surface area contributed by atoms with Crippen molar-refractivity contribution in [3.8, 4) is 0 Å². The summed E-state index contributed by atoms with van der Waals surface area (Å²) in [6, 6.07) is -0.134. The van der Waals surface area contributed by atoms with Gasteiger partial charge in [0.1, 0.15) is 18.0 Å². The van der Waals surface area contributed by atoms with E-state index in [0.29, 0.717) is 26.2 Å². The molecule has 0 radical (unpaired) electrons. The van der Waals surface area contributed by atoms with Gasteiger partial charge in [0.2, 0.25) is 5.91 Å². The van der Waals surface area contributed by atoms with Gasteiger partial charge in [-0.1, -0.05) is 5.16 Å². The summed E-state index contributed by atoms with van der Waals surface area (Å²) in [6.45, 7) is 5.81. The van der Waals surface area contributed by atoms with Crippen molar-refractivity contribution in [2.75, 3.05) is 33.3 Å². The van der Waals surface area contributed by atoms with Gasteiger partial charge in [0.25, 0.3) is 0 Å². The fourth-order valence-corrected chi connectivity index (χ4v) is 3.19. The molecular formula is C15H22N4O4. The number of nitrogens with zero attached hydrogens (tertiary/aromatic N) is 3. The van der Waals surface area contributed by atoms with Crippen molar-refractivity contribution >= 4 is 11.9 Å². The van der Waals surface area contributed by atoms with Gasteiger partial charge in [-0.3, -0.25) is 4.79 Å². The first-order valence-corrected chi connectivity index (χ1v) is 7.73. The number of hydrogen-bond donors (Lipinski definition) is 1. The van der Waals surface area contributed by atoms with Crippen LogP contribution in [-0.2, 0) is 16.1 Å². The van der Waals surface area contributed by atoms with E-state index >= 15 is 0 Å². The number of likely N-dealkylation sites (N-methyl/N-ethyl adjacent to an activating group) is 1. The molecule has 1 aromatic heterocycles. The second-order valence-electron chi connectivity index (χ2n) is 6.35. The lowest BCUT2D eigenvalue weighted by Crippen LogP contribution is -2.55. The van der Waals surface area contributed by atoms with Gasteiger partial charge in [0.05, 0.1) is 18.8 Å². The van der Waals surface area contributed by atoms with E-state index in [9.17, 15) is 9.59 Å². The Kier molecular flexibility index (Phi) is 4.01. The number of rotatable bonds is 2. The van der Waals surface area contributed by atoms with E-state index in [2.05, 4.69) is 10.5 Å². The van der Waals surface area contributed by atoms with Gasteiger partial charge in [-0.25, -0.2) is 4.79 Å². The number of hydrogen-bond acceptors (Lipinski definition) is 5. The van der Waals surface area contributed by atoms with Crippen LogP contribution in [0.1, 0.15) is 23.4 Å². The highest BCUT2D eigenvalue weighted by Crippen LogP contribution is 2.29. The van der Waals surface area contributed by atoms with E-state index in [1.165, 1.54) is 0 Å². The maximum absolute atomic E-state index is 12.4. The average Bonchev–Trinajstić information content (AvgIpc) is 3.06. The quantitative estimate of drug-likeness (QED) is 0.853. The predicted octanol–water partition coefficient (Wildman–Crippen LogP) is 0.434. The van der Waals surface area contributed by atoms with Crippen LogP contribution in [0.4, 0.5) is 4.79 Å². The molecule has 0 saturated carbocycles. The van der Waals surface area contributed by atoms with Crippen molar-refractivity contribution in [2.24, 2.45) is 0 Å². The van der Waals surface area contributed by atoms with Gasteiger partial charge in [-0.2, -0.15) is 0 Å². The molecule has 2 aliphatic rings. The van der Waals surface area contributed by atoms with Crippen LogP contribution in [-0.4, -0.2) is 65.8 Å². The predicted molar refractivity (Wildman–Crippen MR) is 80.7 cm³/mol. The normalized spacial score (nSPS) is 24.6. The molecule has 0 bridgehead atoms. The summed E-state index contributed by atoms with van der Waals surface area (Å²) >= 11 is 0. The molecule has 3 rings (SSSR count). The Morgan fingerprint density at radius 1 is 1.39 bits per heavy atom. The number of morpholine rings is 1. The number of carbonyl (C=O) groups excluding carboxylic acids is 2. The molecule has 2 aliphatic heterocycles.